The largest absolute Gasteiger partial charge is 0.462 e. The molecule has 2 N–H and O–H groups in total. The van der Waals surface area contributed by atoms with Gasteiger partial charge in [-0.2, -0.15) is 0 Å². The Morgan fingerprint density at radius 3 is 2.57 bits per heavy atom. The molecule has 9 nitrogen and oxygen atoms in total. The summed E-state index contributed by atoms with van der Waals surface area (Å²) in [5.74, 6) is -0.463. The summed E-state index contributed by atoms with van der Waals surface area (Å²) in [6.07, 6.45) is -3.28. The Morgan fingerprint density at radius 1 is 1.33 bits per heavy atom. The Hall–Kier alpha value is -2.33. The summed E-state index contributed by atoms with van der Waals surface area (Å²) in [5.41, 5.74) is -0.511. The zero-order valence-corrected chi connectivity index (χ0v) is 17.8. The highest BCUT2D eigenvalue weighted by molar-refractivity contribution is 5.75. The third-order valence-corrected chi connectivity index (χ3v) is 4.44. The van der Waals surface area contributed by atoms with Gasteiger partial charge in [-0.25, -0.2) is 0 Å². The maximum absolute atomic E-state index is 12.1. The van der Waals surface area contributed by atoms with Crippen LogP contribution in [0.4, 0.5) is 5.69 Å². The van der Waals surface area contributed by atoms with E-state index in [-0.39, 0.29) is 29.5 Å². The van der Waals surface area contributed by atoms with E-state index in [0.29, 0.717) is 0 Å². The lowest BCUT2D eigenvalue weighted by Gasteiger charge is -2.36. The number of benzene rings is 1. The van der Waals surface area contributed by atoms with Gasteiger partial charge in [-0.15, -0.1) is 0 Å². The molecule has 0 radical (unpaired) electrons. The van der Waals surface area contributed by atoms with E-state index in [4.69, 9.17) is 14.2 Å². The standard InChI is InChI=1S/C21H29NO8/c1-12(2)29-17-10-15(18(23)13-7-6-8-14(9-13)22(26)27)19(24)16(30-17)11-28-20(25)21(3,4)5/h6-10,12,16-19,23-24H,11H2,1-5H3/t16-,17+,18-,19+/m1/s1. The molecule has 166 valence electrons. The van der Waals surface area contributed by atoms with Gasteiger partial charge in [-0.1, -0.05) is 12.1 Å². The number of aliphatic hydroxyl groups is 2. The van der Waals surface area contributed by atoms with Crippen LogP contribution in [0, 0.1) is 15.5 Å². The summed E-state index contributed by atoms with van der Waals surface area (Å²) < 4.78 is 16.6. The molecule has 0 amide bonds. The van der Waals surface area contributed by atoms with Crippen LogP contribution < -0.4 is 0 Å². The van der Waals surface area contributed by atoms with Crippen molar-refractivity contribution in [3.63, 3.8) is 0 Å². The van der Waals surface area contributed by atoms with E-state index in [1.165, 1.54) is 30.3 Å². The number of carbonyl (C=O) groups excluding carboxylic acids is 1. The molecule has 0 saturated heterocycles. The molecule has 0 saturated carbocycles. The molecule has 1 aromatic rings. The predicted molar refractivity (Wildman–Crippen MR) is 107 cm³/mol. The molecule has 0 bridgehead atoms. The fourth-order valence-corrected chi connectivity index (χ4v) is 2.85. The number of non-ortho nitro benzene ring substituents is 1. The average molecular weight is 423 g/mol. The number of nitrogens with zero attached hydrogens (tertiary/aromatic N) is 1. The molecular weight excluding hydrogens is 394 g/mol. The van der Waals surface area contributed by atoms with Crippen molar-refractivity contribution in [2.75, 3.05) is 6.61 Å². The minimum Gasteiger partial charge on any atom is -0.462 e. The summed E-state index contributed by atoms with van der Waals surface area (Å²) in [5, 5.41) is 32.6. The third-order valence-electron chi connectivity index (χ3n) is 4.44. The van der Waals surface area contributed by atoms with Crippen LogP contribution in [0.5, 0.6) is 0 Å². The second-order valence-corrected chi connectivity index (χ2v) is 8.44. The molecule has 1 aromatic carbocycles. The van der Waals surface area contributed by atoms with Gasteiger partial charge in [0, 0.05) is 12.1 Å². The second kappa shape index (κ2) is 9.65. The van der Waals surface area contributed by atoms with Crippen LogP contribution in [-0.4, -0.2) is 52.3 Å². The average Bonchev–Trinajstić information content (AvgIpc) is 2.66. The number of nitro benzene ring substituents is 1. The van der Waals surface area contributed by atoms with Crippen LogP contribution in [0.2, 0.25) is 0 Å². The molecule has 0 fully saturated rings. The molecular formula is C21H29NO8. The van der Waals surface area contributed by atoms with Gasteiger partial charge in [-0.05, 0) is 51.8 Å². The van der Waals surface area contributed by atoms with Gasteiger partial charge in [0.05, 0.1) is 16.4 Å². The van der Waals surface area contributed by atoms with Crippen LogP contribution in [0.3, 0.4) is 0 Å². The monoisotopic (exact) mass is 423 g/mol. The van der Waals surface area contributed by atoms with Crippen molar-refractivity contribution in [3.05, 3.63) is 51.6 Å². The van der Waals surface area contributed by atoms with Crippen molar-refractivity contribution in [3.8, 4) is 0 Å². The summed E-state index contributed by atoms with van der Waals surface area (Å²) in [4.78, 5) is 22.6. The summed E-state index contributed by atoms with van der Waals surface area (Å²) >= 11 is 0. The fraction of sp³-hybridized carbons (Fsp3) is 0.571. The van der Waals surface area contributed by atoms with Crippen LogP contribution >= 0.6 is 0 Å². The SMILES string of the molecule is CC(C)O[C@@H]1C=C([C@H](O)c2cccc([N+](=O)[O-])c2)[C@H](O)[C@@H](COC(=O)C(C)(C)C)O1. The van der Waals surface area contributed by atoms with E-state index in [1.807, 2.05) is 0 Å². The number of hydrogen-bond donors (Lipinski definition) is 2. The molecule has 0 aliphatic carbocycles. The van der Waals surface area contributed by atoms with Crippen LogP contribution in [0.1, 0.15) is 46.3 Å². The molecule has 1 aliphatic heterocycles. The van der Waals surface area contributed by atoms with Crippen LogP contribution in [0.15, 0.2) is 35.9 Å². The second-order valence-electron chi connectivity index (χ2n) is 8.44. The van der Waals surface area contributed by atoms with Crippen molar-refractivity contribution in [2.45, 2.75) is 65.3 Å². The van der Waals surface area contributed by atoms with Gasteiger partial charge in [0.25, 0.3) is 5.69 Å². The number of nitro groups is 1. The third kappa shape index (κ3) is 6.09. The molecule has 0 spiro atoms. The van der Waals surface area contributed by atoms with Gasteiger partial charge in [0.2, 0.25) is 0 Å². The number of ether oxygens (including phenoxy) is 3. The first-order valence-corrected chi connectivity index (χ1v) is 9.70. The molecule has 1 heterocycles. The first kappa shape index (κ1) is 23.9. The maximum Gasteiger partial charge on any atom is 0.311 e. The highest BCUT2D eigenvalue weighted by Gasteiger charge is 2.37. The van der Waals surface area contributed by atoms with Crippen molar-refractivity contribution in [1.82, 2.24) is 0 Å². The maximum atomic E-state index is 12.1. The summed E-state index contributed by atoms with van der Waals surface area (Å²) in [7, 11) is 0. The number of rotatable bonds is 7. The van der Waals surface area contributed by atoms with E-state index < -0.39 is 40.9 Å². The van der Waals surface area contributed by atoms with E-state index in [2.05, 4.69) is 0 Å². The van der Waals surface area contributed by atoms with Crippen molar-refractivity contribution in [1.29, 1.82) is 0 Å². The lowest BCUT2D eigenvalue weighted by molar-refractivity contribution is -0.385. The van der Waals surface area contributed by atoms with Crippen LogP contribution in [0.25, 0.3) is 0 Å². The van der Waals surface area contributed by atoms with E-state index in [0.717, 1.165) is 0 Å². The number of aliphatic hydroxyl groups excluding tert-OH is 2. The molecule has 0 aromatic heterocycles. The van der Waals surface area contributed by atoms with E-state index >= 15 is 0 Å². The summed E-state index contributed by atoms with van der Waals surface area (Å²) in [6, 6.07) is 5.52. The molecule has 30 heavy (non-hydrogen) atoms. The Morgan fingerprint density at radius 2 is 2.00 bits per heavy atom. The number of carbonyl (C=O) groups is 1. The highest BCUT2D eigenvalue weighted by Crippen LogP contribution is 2.33. The Balaban J connectivity index is 2.28. The zero-order chi connectivity index (χ0) is 22.6. The normalized spacial score (nSPS) is 23.1. The van der Waals surface area contributed by atoms with Crippen LogP contribution in [-0.2, 0) is 19.0 Å². The molecule has 9 heteroatoms. The minimum absolute atomic E-state index is 0.157. The lowest BCUT2D eigenvalue weighted by Crippen LogP contribution is -2.45. The summed E-state index contributed by atoms with van der Waals surface area (Å²) in [6.45, 7) is 8.47. The molecule has 1 aliphatic rings. The Bertz CT molecular complexity index is 798. The lowest BCUT2D eigenvalue weighted by atomic mass is 9.92. The Kier molecular flexibility index (Phi) is 7.70. The molecule has 0 unspecified atom stereocenters. The molecule has 2 rings (SSSR count). The quantitative estimate of drug-likeness (QED) is 0.296. The van der Waals surface area contributed by atoms with E-state index in [1.54, 1.807) is 34.6 Å². The minimum atomic E-state index is -1.33. The molecule has 4 atom stereocenters. The smallest absolute Gasteiger partial charge is 0.311 e. The van der Waals surface area contributed by atoms with Gasteiger partial charge >= 0.3 is 5.97 Å². The number of esters is 1. The highest BCUT2D eigenvalue weighted by atomic mass is 16.7. The topological polar surface area (TPSA) is 128 Å². The number of hydrogen-bond acceptors (Lipinski definition) is 8. The predicted octanol–water partition coefficient (Wildman–Crippen LogP) is 2.65. The van der Waals surface area contributed by atoms with E-state index in [9.17, 15) is 25.1 Å². The first-order chi connectivity index (χ1) is 13.9. The van der Waals surface area contributed by atoms with Crippen molar-refractivity contribution < 1.29 is 34.1 Å². The van der Waals surface area contributed by atoms with Crippen molar-refractivity contribution in [2.24, 2.45) is 5.41 Å². The Labute approximate surface area is 175 Å². The van der Waals surface area contributed by atoms with Gasteiger partial charge in [0.1, 0.15) is 24.9 Å². The van der Waals surface area contributed by atoms with Gasteiger partial charge < -0.3 is 24.4 Å². The van der Waals surface area contributed by atoms with Gasteiger partial charge in [-0.3, -0.25) is 14.9 Å². The zero-order valence-electron chi connectivity index (χ0n) is 17.8. The fourth-order valence-electron chi connectivity index (χ4n) is 2.85. The van der Waals surface area contributed by atoms with Crippen molar-refractivity contribution >= 4 is 11.7 Å². The first-order valence-electron chi connectivity index (χ1n) is 9.70. The van der Waals surface area contributed by atoms with Gasteiger partial charge in [0.15, 0.2) is 6.29 Å².